The number of rotatable bonds is 5. The molecule has 0 bridgehead atoms. The number of nitrogens with one attached hydrogen (secondary N) is 1. The van der Waals surface area contributed by atoms with Gasteiger partial charge < -0.3 is 5.32 Å². The molecule has 1 N–H and O–H groups in total. The normalized spacial score (nSPS) is 15.2. The van der Waals surface area contributed by atoms with Gasteiger partial charge in [0.2, 0.25) is 0 Å². The Bertz CT molecular complexity index is 365. The molecule has 0 aromatic heterocycles. The molecule has 0 saturated heterocycles. The first kappa shape index (κ1) is 11.4. The van der Waals surface area contributed by atoms with Crippen molar-refractivity contribution in [3.63, 3.8) is 0 Å². The molecule has 1 heteroatoms. The molecule has 0 aliphatic heterocycles. The molecule has 0 amide bonds. The summed E-state index contributed by atoms with van der Waals surface area (Å²) in [5.41, 5.74) is 4.45. The van der Waals surface area contributed by atoms with Crippen LogP contribution in [0.15, 0.2) is 35.9 Å². The zero-order chi connectivity index (χ0) is 11.2. The minimum Gasteiger partial charge on any atom is -0.312 e. The van der Waals surface area contributed by atoms with Crippen LogP contribution in [0.4, 0.5) is 0 Å². The van der Waals surface area contributed by atoms with Crippen molar-refractivity contribution in [3.05, 3.63) is 47.0 Å². The quantitative estimate of drug-likeness (QED) is 0.584. The van der Waals surface area contributed by atoms with Gasteiger partial charge in [-0.05, 0) is 50.3 Å². The van der Waals surface area contributed by atoms with Gasteiger partial charge in [-0.15, -0.1) is 0 Å². The van der Waals surface area contributed by atoms with E-state index in [-0.39, 0.29) is 0 Å². The molecule has 2 rings (SSSR count). The molecule has 1 aromatic rings. The van der Waals surface area contributed by atoms with Gasteiger partial charge >= 0.3 is 0 Å². The maximum absolute atomic E-state index is 3.53. The molecular weight excluding hydrogens is 194 g/mol. The fourth-order valence-corrected chi connectivity index (χ4v) is 2.24. The fourth-order valence-electron chi connectivity index (χ4n) is 2.24. The lowest BCUT2D eigenvalue weighted by atomic mass is 10.1. The summed E-state index contributed by atoms with van der Waals surface area (Å²) >= 11 is 0. The van der Waals surface area contributed by atoms with E-state index in [0.717, 1.165) is 13.1 Å². The second-order valence-corrected chi connectivity index (χ2v) is 4.61. The largest absolute Gasteiger partial charge is 0.312 e. The number of hydrogen-bond donors (Lipinski definition) is 1. The highest BCUT2D eigenvalue weighted by atomic mass is 14.8. The zero-order valence-corrected chi connectivity index (χ0v) is 10.1. The third-order valence-corrected chi connectivity index (χ3v) is 3.33. The van der Waals surface area contributed by atoms with Crippen molar-refractivity contribution in [2.45, 2.75) is 39.2 Å². The summed E-state index contributed by atoms with van der Waals surface area (Å²) < 4.78 is 0. The van der Waals surface area contributed by atoms with Crippen LogP contribution in [-0.2, 0) is 6.54 Å². The number of allylic oxidation sites excluding steroid dienone is 1. The number of benzene rings is 1. The highest BCUT2D eigenvalue weighted by Crippen LogP contribution is 2.19. The summed E-state index contributed by atoms with van der Waals surface area (Å²) in [5.74, 6) is 0. The van der Waals surface area contributed by atoms with Gasteiger partial charge in [0.05, 0.1) is 0 Å². The average Bonchev–Trinajstić information content (AvgIpc) is 2.79. The molecule has 1 nitrogen and oxygen atoms in total. The molecule has 0 spiro atoms. The Morgan fingerprint density at radius 3 is 2.88 bits per heavy atom. The van der Waals surface area contributed by atoms with Crippen LogP contribution in [0.1, 0.15) is 36.8 Å². The van der Waals surface area contributed by atoms with Gasteiger partial charge in [0.25, 0.3) is 0 Å². The average molecular weight is 215 g/mol. The topological polar surface area (TPSA) is 12.0 Å². The van der Waals surface area contributed by atoms with E-state index in [1.807, 2.05) is 0 Å². The van der Waals surface area contributed by atoms with Gasteiger partial charge in [-0.25, -0.2) is 0 Å². The Morgan fingerprint density at radius 1 is 1.25 bits per heavy atom. The predicted octanol–water partition coefficient (Wildman–Crippen LogP) is 3.59. The van der Waals surface area contributed by atoms with E-state index >= 15 is 0 Å². The molecule has 0 unspecified atom stereocenters. The van der Waals surface area contributed by atoms with E-state index in [1.54, 1.807) is 5.57 Å². The third-order valence-electron chi connectivity index (χ3n) is 3.33. The second-order valence-electron chi connectivity index (χ2n) is 4.61. The van der Waals surface area contributed by atoms with Crippen molar-refractivity contribution in [1.82, 2.24) is 5.32 Å². The van der Waals surface area contributed by atoms with E-state index in [1.165, 1.54) is 36.8 Å². The lowest BCUT2D eigenvalue weighted by Gasteiger charge is -2.07. The van der Waals surface area contributed by atoms with Gasteiger partial charge in [-0.1, -0.05) is 35.9 Å². The molecular formula is C15H21N. The first-order valence-corrected chi connectivity index (χ1v) is 6.29. The predicted molar refractivity (Wildman–Crippen MR) is 69.4 cm³/mol. The number of hydrogen-bond acceptors (Lipinski definition) is 1. The van der Waals surface area contributed by atoms with E-state index in [9.17, 15) is 0 Å². The smallest absolute Gasteiger partial charge is 0.0208 e. The molecule has 86 valence electrons. The van der Waals surface area contributed by atoms with Crippen LogP contribution in [0.2, 0.25) is 0 Å². The minimum absolute atomic E-state index is 1.000. The van der Waals surface area contributed by atoms with E-state index in [0.29, 0.717) is 0 Å². The van der Waals surface area contributed by atoms with Gasteiger partial charge in [-0.2, -0.15) is 0 Å². The Morgan fingerprint density at radius 2 is 2.12 bits per heavy atom. The van der Waals surface area contributed by atoms with Crippen LogP contribution in [0, 0.1) is 6.92 Å². The summed E-state index contributed by atoms with van der Waals surface area (Å²) in [7, 11) is 0. The Hall–Kier alpha value is -1.08. The van der Waals surface area contributed by atoms with Crippen LogP contribution in [0.3, 0.4) is 0 Å². The molecule has 0 atom stereocenters. The van der Waals surface area contributed by atoms with E-state index < -0.39 is 0 Å². The molecule has 1 aliphatic rings. The Kier molecular flexibility index (Phi) is 4.17. The summed E-state index contributed by atoms with van der Waals surface area (Å²) in [6.07, 6.45) is 7.63. The van der Waals surface area contributed by atoms with Crippen LogP contribution < -0.4 is 5.32 Å². The SMILES string of the molecule is Cc1ccccc1CNCCC1=CCCC1. The van der Waals surface area contributed by atoms with Gasteiger partial charge in [-0.3, -0.25) is 0 Å². The molecule has 1 aromatic carbocycles. The van der Waals surface area contributed by atoms with Crippen LogP contribution in [-0.4, -0.2) is 6.54 Å². The van der Waals surface area contributed by atoms with E-state index in [4.69, 9.17) is 0 Å². The van der Waals surface area contributed by atoms with Crippen LogP contribution in [0.25, 0.3) is 0 Å². The van der Waals surface area contributed by atoms with Crippen molar-refractivity contribution >= 4 is 0 Å². The lowest BCUT2D eigenvalue weighted by Crippen LogP contribution is -2.15. The summed E-state index contributed by atoms with van der Waals surface area (Å²) in [6, 6.07) is 8.60. The molecule has 1 aliphatic carbocycles. The van der Waals surface area contributed by atoms with Crippen LogP contribution >= 0.6 is 0 Å². The highest BCUT2D eigenvalue weighted by molar-refractivity contribution is 5.25. The van der Waals surface area contributed by atoms with Gasteiger partial charge in [0, 0.05) is 6.54 Å². The fraction of sp³-hybridized carbons (Fsp3) is 0.467. The van der Waals surface area contributed by atoms with Crippen molar-refractivity contribution in [1.29, 1.82) is 0 Å². The Balaban J connectivity index is 1.70. The molecule has 16 heavy (non-hydrogen) atoms. The molecule has 0 radical (unpaired) electrons. The van der Waals surface area contributed by atoms with Gasteiger partial charge in [0.15, 0.2) is 0 Å². The van der Waals surface area contributed by atoms with Gasteiger partial charge in [0.1, 0.15) is 0 Å². The first-order chi connectivity index (χ1) is 7.86. The first-order valence-electron chi connectivity index (χ1n) is 6.29. The van der Waals surface area contributed by atoms with Crippen molar-refractivity contribution < 1.29 is 0 Å². The molecule has 0 heterocycles. The summed E-state index contributed by atoms with van der Waals surface area (Å²) in [5, 5.41) is 3.53. The summed E-state index contributed by atoms with van der Waals surface area (Å²) in [6.45, 7) is 4.29. The molecule has 0 fully saturated rings. The number of aryl methyl sites for hydroxylation is 1. The maximum Gasteiger partial charge on any atom is 0.0208 e. The monoisotopic (exact) mass is 215 g/mol. The standard InChI is InChI=1S/C15H21N/c1-13-6-2-5-9-15(13)12-16-11-10-14-7-3-4-8-14/h2,5-7,9,16H,3-4,8,10-12H2,1H3. The second kappa shape index (κ2) is 5.86. The highest BCUT2D eigenvalue weighted by Gasteiger charge is 2.03. The zero-order valence-electron chi connectivity index (χ0n) is 10.1. The maximum atomic E-state index is 3.53. The third kappa shape index (κ3) is 3.21. The van der Waals surface area contributed by atoms with Crippen molar-refractivity contribution in [3.8, 4) is 0 Å². The minimum atomic E-state index is 1.000. The Labute approximate surface area is 98.6 Å². The lowest BCUT2D eigenvalue weighted by molar-refractivity contribution is 0.674. The summed E-state index contributed by atoms with van der Waals surface area (Å²) in [4.78, 5) is 0. The van der Waals surface area contributed by atoms with Crippen LogP contribution in [0.5, 0.6) is 0 Å². The molecule has 0 saturated carbocycles. The van der Waals surface area contributed by atoms with Crippen molar-refractivity contribution in [2.75, 3.05) is 6.54 Å². The van der Waals surface area contributed by atoms with E-state index in [2.05, 4.69) is 42.6 Å². The van der Waals surface area contributed by atoms with Crippen molar-refractivity contribution in [2.24, 2.45) is 0 Å².